The lowest BCUT2D eigenvalue weighted by Crippen LogP contribution is -2.34. The van der Waals surface area contributed by atoms with E-state index in [-0.39, 0.29) is 0 Å². The number of rotatable bonds is 11. The molecule has 0 radical (unpaired) electrons. The zero-order valence-corrected chi connectivity index (χ0v) is 10.6. The molecule has 0 aliphatic rings. The summed E-state index contributed by atoms with van der Waals surface area (Å²) in [5.41, 5.74) is 0. The molecular formula is C12H28N2O. The lowest BCUT2D eigenvalue weighted by atomic mass is 10.1. The fourth-order valence-electron chi connectivity index (χ4n) is 1.51. The molecule has 0 aromatic heterocycles. The van der Waals surface area contributed by atoms with Crippen molar-refractivity contribution in [2.24, 2.45) is 0 Å². The average molecular weight is 216 g/mol. The quantitative estimate of drug-likeness (QED) is 0.517. The van der Waals surface area contributed by atoms with Gasteiger partial charge in [0.15, 0.2) is 0 Å². The largest absolute Gasteiger partial charge is 0.383 e. The molecule has 0 amide bonds. The predicted molar refractivity (Wildman–Crippen MR) is 66.4 cm³/mol. The minimum absolute atomic E-state index is 0.653. The fraction of sp³-hybridized carbons (Fsp3) is 1.00. The second-order valence-electron chi connectivity index (χ2n) is 4.09. The van der Waals surface area contributed by atoms with Crippen molar-refractivity contribution in [3.05, 3.63) is 0 Å². The van der Waals surface area contributed by atoms with Gasteiger partial charge in [-0.1, -0.05) is 26.2 Å². The summed E-state index contributed by atoms with van der Waals surface area (Å²) in [4.78, 5) is 0. The van der Waals surface area contributed by atoms with E-state index in [1.165, 1.54) is 25.7 Å². The lowest BCUT2D eigenvalue weighted by Gasteiger charge is -2.13. The minimum Gasteiger partial charge on any atom is -0.383 e. The number of methoxy groups -OCH3 is 1. The van der Waals surface area contributed by atoms with Crippen LogP contribution in [-0.4, -0.2) is 39.4 Å². The Labute approximate surface area is 95.0 Å². The molecule has 0 heterocycles. The summed E-state index contributed by atoms with van der Waals surface area (Å²) in [6.45, 7) is 8.34. The Kier molecular flexibility index (Phi) is 11.9. The smallest absolute Gasteiger partial charge is 0.0587 e. The Morgan fingerprint density at radius 3 is 2.60 bits per heavy atom. The lowest BCUT2D eigenvalue weighted by molar-refractivity contribution is 0.199. The molecule has 0 fully saturated rings. The molecule has 1 unspecified atom stereocenters. The number of nitrogens with one attached hydrogen (secondary N) is 2. The highest BCUT2D eigenvalue weighted by Crippen LogP contribution is 2.01. The zero-order chi connectivity index (χ0) is 11.4. The van der Waals surface area contributed by atoms with Crippen LogP contribution in [0.1, 0.15) is 39.5 Å². The summed E-state index contributed by atoms with van der Waals surface area (Å²) in [6, 6.07) is 0.653. The summed E-state index contributed by atoms with van der Waals surface area (Å²) in [5, 5.41) is 6.84. The molecule has 92 valence electrons. The van der Waals surface area contributed by atoms with Crippen LogP contribution < -0.4 is 10.6 Å². The standard InChI is InChI=1S/C12H28N2O/c1-4-5-6-7-12(2)14-9-8-13-10-11-15-3/h12-14H,4-11H2,1-3H3. The predicted octanol–water partition coefficient (Wildman–Crippen LogP) is 1.78. The number of hydrogen-bond acceptors (Lipinski definition) is 3. The maximum Gasteiger partial charge on any atom is 0.0587 e. The second kappa shape index (κ2) is 12.0. The van der Waals surface area contributed by atoms with Gasteiger partial charge in [0.2, 0.25) is 0 Å². The molecule has 15 heavy (non-hydrogen) atoms. The number of hydrogen-bond donors (Lipinski definition) is 2. The fourth-order valence-corrected chi connectivity index (χ4v) is 1.51. The maximum absolute atomic E-state index is 4.95. The van der Waals surface area contributed by atoms with Gasteiger partial charge in [-0.25, -0.2) is 0 Å². The van der Waals surface area contributed by atoms with Gasteiger partial charge in [-0.05, 0) is 13.3 Å². The molecule has 0 rings (SSSR count). The van der Waals surface area contributed by atoms with E-state index in [1.54, 1.807) is 7.11 Å². The van der Waals surface area contributed by atoms with E-state index in [0.717, 1.165) is 26.2 Å². The molecule has 0 spiro atoms. The Bertz CT molecular complexity index is 120. The topological polar surface area (TPSA) is 33.3 Å². The first-order valence-electron chi connectivity index (χ1n) is 6.24. The summed E-state index contributed by atoms with van der Waals surface area (Å²) in [5.74, 6) is 0. The van der Waals surface area contributed by atoms with Crippen LogP contribution >= 0.6 is 0 Å². The molecular weight excluding hydrogens is 188 g/mol. The van der Waals surface area contributed by atoms with Gasteiger partial charge in [0.25, 0.3) is 0 Å². The highest BCUT2D eigenvalue weighted by Gasteiger charge is 1.99. The van der Waals surface area contributed by atoms with Crippen LogP contribution in [0.15, 0.2) is 0 Å². The Morgan fingerprint density at radius 1 is 1.13 bits per heavy atom. The van der Waals surface area contributed by atoms with Crippen LogP contribution in [0.25, 0.3) is 0 Å². The van der Waals surface area contributed by atoms with E-state index < -0.39 is 0 Å². The third-order valence-corrected chi connectivity index (χ3v) is 2.52. The normalized spacial score (nSPS) is 13.0. The van der Waals surface area contributed by atoms with E-state index in [0.29, 0.717) is 6.04 Å². The van der Waals surface area contributed by atoms with Crippen LogP contribution in [0.3, 0.4) is 0 Å². The summed E-state index contributed by atoms with van der Waals surface area (Å²) >= 11 is 0. The van der Waals surface area contributed by atoms with E-state index in [1.807, 2.05) is 0 Å². The van der Waals surface area contributed by atoms with Crippen LogP contribution in [0.5, 0.6) is 0 Å². The number of unbranched alkanes of at least 4 members (excludes halogenated alkanes) is 2. The molecule has 3 heteroatoms. The molecule has 2 N–H and O–H groups in total. The zero-order valence-electron chi connectivity index (χ0n) is 10.6. The van der Waals surface area contributed by atoms with Crippen molar-refractivity contribution in [2.45, 2.75) is 45.6 Å². The summed E-state index contributed by atoms with van der Waals surface area (Å²) < 4.78 is 4.95. The van der Waals surface area contributed by atoms with Crippen LogP contribution in [0.4, 0.5) is 0 Å². The average Bonchev–Trinajstić information content (AvgIpc) is 2.23. The van der Waals surface area contributed by atoms with Crippen molar-refractivity contribution >= 4 is 0 Å². The van der Waals surface area contributed by atoms with Crippen LogP contribution in [-0.2, 0) is 4.74 Å². The number of ether oxygens (including phenoxy) is 1. The van der Waals surface area contributed by atoms with Crippen molar-refractivity contribution < 1.29 is 4.74 Å². The molecule has 0 bridgehead atoms. The first-order chi connectivity index (χ1) is 7.31. The second-order valence-corrected chi connectivity index (χ2v) is 4.09. The third-order valence-electron chi connectivity index (χ3n) is 2.52. The van der Waals surface area contributed by atoms with E-state index in [4.69, 9.17) is 4.74 Å². The summed E-state index contributed by atoms with van der Waals surface area (Å²) in [6.07, 6.45) is 5.32. The Balaban J connectivity index is 3.06. The molecule has 0 aliphatic carbocycles. The molecule has 0 saturated heterocycles. The van der Waals surface area contributed by atoms with Crippen molar-refractivity contribution in [1.82, 2.24) is 10.6 Å². The van der Waals surface area contributed by atoms with Gasteiger partial charge in [-0.3, -0.25) is 0 Å². The van der Waals surface area contributed by atoms with Gasteiger partial charge in [-0.2, -0.15) is 0 Å². The maximum atomic E-state index is 4.95. The monoisotopic (exact) mass is 216 g/mol. The van der Waals surface area contributed by atoms with Crippen molar-refractivity contribution in [1.29, 1.82) is 0 Å². The highest BCUT2D eigenvalue weighted by atomic mass is 16.5. The third kappa shape index (κ3) is 11.8. The van der Waals surface area contributed by atoms with Crippen LogP contribution in [0.2, 0.25) is 0 Å². The van der Waals surface area contributed by atoms with E-state index in [2.05, 4.69) is 24.5 Å². The van der Waals surface area contributed by atoms with Crippen molar-refractivity contribution in [2.75, 3.05) is 33.4 Å². The summed E-state index contributed by atoms with van der Waals surface area (Å²) in [7, 11) is 1.73. The van der Waals surface area contributed by atoms with Crippen molar-refractivity contribution in [3.63, 3.8) is 0 Å². The van der Waals surface area contributed by atoms with Gasteiger partial charge in [0, 0.05) is 32.8 Å². The van der Waals surface area contributed by atoms with Crippen LogP contribution in [0, 0.1) is 0 Å². The van der Waals surface area contributed by atoms with Gasteiger partial charge in [0.05, 0.1) is 6.61 Å². The highest BCUT2D eigenvalue weighted by molar-refractivity contribution is 4.61. The van der Waals surface area contributed by atoms with Gasteiger partial charge < -0.3 is 15.4 Å². The SMILES string of the molecule is CCCCCC(C)NCCNCCOC. The molecule has 0 aromatic carbocycles. The first kappa shape index (κ1) is 14.9. The molecule has 3 nitrogen and oxygen atoms in total. The first-order valence-corrected chi connectivity index (χ1v) is 6.24. The Morgan fingerprint density at radius 2 is 1.93 bits per heavy atom. The molecule has 1 atom stereocenters. The van der Waals surface area contributed by atoms with Crippen molar-refractivity contribution in [3.8, 4) is 0 Å². The van der Waals surface area contributed by atoms with Gasteiger partial charge >= 0.3 is 0 Å². The molecule has 0 saturated carbocycles. The molecule has 0 aliphatic heterocycles. The molecule has 0 aromatic rings. The van der Waals surface area contributed by atoms with E-state index in [9.17, 15) is 0 Å². The van der Waals surface area contributed by atoms with Gasteiger partial charge in [-0.15, -0.1) is 0 Å². The minimum atomic E-state index is 0.653. The van der Waals surface area contributed by atoms with Gasteiger partial charge in [0.1, 0.15) is 0 Å². The van der Waals surface area contributed by atoms with E-state index >= 15 is 0 Å². The Hall–Kier alpha value is -0.120.